The molecule has 0 heterocycles. The van der Waals surface area contributed by atoms with Gasteiger partial charge in [0.1, 0.15) is 4.90 Å². The highest BCUT2D eigenvalue weighted by molar-refractivity contribution is 7.90. The number of methoxy groups -OCH3 is 1. The molecule has 1 aromatic rings. The van der Waals surface area contributed by atoms with E-state index >= 15 is 0 Å². The van der Waals surface area contributed by atoms with Crippen LogP contribution >= 0.6 is 11.6 Å². The smallest absolute Gasteiger partial charge is 0.304 e. The van der Waals surface area contributed by atoms with Crippen molar-refractivity contribution in [2.75, 3.05) is 13.4 Å². The Balaban J connectivity index is 3.54. The van der Waals surface area contributed by atoms with Crippen LogP contribution in [0.1, 0.15) is 25.8 Å². The fourth-order valence-electron chi connectivity index (χ4n) is 1.91. The molecule has 20 heavy (non-hydrogen) atoms. The second kappa shape index (κ2) is 5.61. The Kier molecular flexibility index (Phi) is 4.71. The van der Waals surface area contributed by atoms with Crippen molar-refractivity contribution >= 4 is 27.4 Å². The van der Waals surface area contributed by atoms with Crippen molar-refractivity contribution in [2.24, 2.45) is 0 Å². The molecule has 0 radical (unpaired) electrons. The molecule has 7 heteroatoms. The van der Waals surface area contributed by atoms with Gasteiger partial charge in [0.05, 0.1) is 18.6 Å². The number of aliphatic carboxylic acids is 1. The monoisotopic (exact) mass is 320 g/mol. The van der Waals surface area contributed by atoms with Crippen molar-refractivity contribution in [1.29, 1.82) is 0 Å². The van der Waals surface area contributed by atoms with Gasteiger partial charge in [-0.2, -0.15) is 0 Å². The minimum atomic E-state index is -3.54. The minimum Gasteiger partial charge on any atom is -0.494 e. The molecule has 1 rings (SSSR count). The van der Waals surface area contributed by atoms with Crippen LogP contribution < -0.4 is 4.74 Å². The van der Waals surface area contributed by atoms with Crippen molar-refractivity contribution in [2.45, 2.75) is 30.6 Å². The number of halogens is 1. The minimum absolute atomic E-state index is 0.0408. The molecule has 0 fully saturated rings. The quantitative estimate of drug-likeness (QED) is 0.901. The molecule has 0 amide bonds. The topological polar surface area (TPSA) is 80.7 Å². The Morgan fingerprint density at radius 3 is 2.35 bits per heavy atom. The van der Waals surface area contributed by atoms with Crippen molar-refractivity contribution in [1.82, 2.24) is 0 Å². The van der Waals surface area contributed by atoms with Crippen LogP contribution in [0.25, 0.3) is 0 Å². The van der Waals surface area contributed by atoms with Crippen LogP contribution in [-0.2, 0) is 20.0 Å². The summed E-state index contributed by atoms with van der Waals surface area (Å²) in [7, 11) is -2.20. The summed E-state index contributed by atoms with van der Waals surface area (Å²) in [5.74, 6) is -0.896. The lowest BCUT2D eigenvalue weighted by molar-refractivity contribution is -0.138. The van der Waals surface area contributed by atoms with Crippen molar-refractivity contribution in [3.05, 3.63) is 22.7 Å². The van der Waals surface area contributed by atoms with Crippen LogP contribution in [0.15, 0.2) is 17.0 Å². The van der Waals surface area contributed by atoms with Crippen LogP contribution in [0.3, 0.4) is 0 Å². The first-order chi connectivity index (χ1) is 8.99. The molecule has 0 unspecified atom stereocenters. The van der Waals surface area contributed by atoms with Gasteiger partial charge < -0.3 is 9.84 Å². The molecule has 0 bridgehead atoms. The molecule has 0 aliphatic heterocycles. The van der Waals surface area contributed by atoms with E-state index in [0.29, 0.717) is 5.56 Å². The number of hydrogen-bond donors (Lipinski definition) is 1. The zero-order valence-corrected chi connectivity index (χ0v) is 13.3. The summed E-state index contributed by atoms with van der Waals surface area (Å²) in [6, 6.07) is 2.96. The molecule has 1 aromatic carbocycles. The third kappa shape index (κ3) is 3.64. The van der Waals surface area contributed by atoms with E-state index in [2.05, 4.69) is 0 Å². The summed E-state index contributed by atoms with van der Waals surface area (Å²) in [6.45, 7) is 3.43. The number of rotatable bonds is 5. The number of benzene rings is 1. The van der Waals surface area contributed by atoms with Gasteiger partial charge in [-0.15, -0.1) is 0 Å². The highest BCUT2D eigenvalue weighted by Crippen LogP contribution is 2.38. The molecule has 0 aliphatic carbocycles. The predicted octanol–water partition coefficient (Wildman–Crippen LogP) is 2.50. The number of carboxylic acids is 1. The first kappa shape index (κ1) is 16.8. The molecule has 0 saturated carbocycles. The number of ether oxygens (including phenoxy) is 1. The van der Waals surface area contributed by atoms with Gasteiger partial charge in [-0.1, -0.05) is 25.4 Å². The SMILES string of the molecule is COc1c(Cl)cc(C(C)(C)CC(=O)O)cc1S(C)(=O)=O. The maximum Gasteiger partial charge on any atom is 0.304 e. The lowest BCUT2D eigenvalue weighted by atomic mass is 9.81. The Labute approximate surface area is 123 Å². The average molecular weight is 321 g/mol. The standard InChI is InChI=1S/C13H17ClO5S/c1-13(2,7-11(15)16)8-5-9(14)12(19-3)10(6-8)20(4,17)18/h5-6H,7H2,1-4H3,(H,15,16). The lowest BCUT2D eigenvalue weighted by Crippen LogP contribution is -2.22. The summed E-state index contributed by atoms with van der Waals surface area (Å²) in [6.07, 6.45) is 0.911. The molecule has 0 aliphatic rings. The molecule has 0 atom stereocenters. The lowest BCUT2D eigenvalue weighted by Gasteiger charge is -2.24. The third-order valence-electron chi connectivity index (χ3n) is 2.99. The zero-order chi connectivity index (χ0) is 15.7. The fourth-order valence-corrected chi connectivity index (χ4v) is 3.14. The summed E-state index contributed by atoms with van der Waals surface area (Å²) >= 11 is 6.05. The van der Waals surface area contributed by atoms with Gasteiger partial charge in [0.2, 0.25) is 0 Å². The van der Waals surface area contributed by atoms with E-state index in [-0.39, 0.29) is 22.1 Å². The van der Waals surface area contributed by atoms with Crippen molar-refractivity contribution in [3.63, 3.8) is 0 Å². The van der Waals surface area contributed by atoms with Crippen LogP contribution in [0.5, 0.6) is 5.75 Å². The molecule has 0 saturated heterocycles. The zero-order valence-electron chi connectivity index (χ0n) is 11.7. The van der Waals surface area contributed by atoms with E-state index in [9.17, 15) is 13.2 Å². The van der Waals surface area contributed by atoms with Crippen LogP contribution in [0.4, 0.5) is 0 Å². The van der Waals surface area contributed by atoms with Gasteiger partial charge >= 0.3 is 5.97 Å². The van der Waals surface area contributed by atoms with E-state index in [1.165, 1.54) is 19.2 Å². The maximum atomic E-state index is 11.8. The summed E-state index contributed by atoms with van der Waals surface area (Å²) in [4.78, 5) is 10.9. The Hall–Kier alpha value is -1.27. The predicted molar refractivity (Wildman–Crippen MR) is 76.4 cm³/mol. The molecular weight excluding hydrogens is 304 g/mol. The highest BCUT2D eigenvalue weighted by atomic mass is 35.5. The van der Waals surface area contributed by atoms with Crippen LogP contribution in [0, 0.1) is 0 Å². The second-order valence-electron chi connectivity index (χ2n) is 5.22. The van der Waals surface area contributed by atoms with Gasteiger partial charge in [-0.25, -0.2) is 8.42 Å². The largest absolute Gasteiger partial charge is 0.494 e. The maximum absolute atomic E-state index is 11.8. The highest BCUT2D eigenvalue weighted by Gasteiger charge is 2.28. The van der Waals surface area contributed by atoms with Crippen LogP contribution in [-0.4, -0.2) is 32.9 Å². The van der Waals surface area contributed by atoms with E-state index in [4.69, 9.17) is 21.4 Å². The Bertz CT molecular complexity index is 634. The van der Waals surface area contributed by atoms with Crippen molar-refractivity contribution in [3.8, 4) is 5.75 Å². The summed E-state index contributed by atoms with van der Waals surface area (Å²) < 4.78 is 28.6. The van der Waals surface area contributed by atoms with E-state index in [1.54, 1.807) is 13.8 Å². The average Bonchev–Trinajstić information content (AvgIpc) is 2.24. The van der Waals surface area contributed by atoms with Gasteiger partial charge in [-0.3, -0.25) is 4.79 Å². The number of sulfone groups is 1. The van der Waals surface area contributed by atoms with Gasteiger partial charge in [0.25, 0.3) is 0 Å². The Morgan fingerprint density at radius 2 is 1.95 bits per heavy atom. The molecular formula is C13H17ClO5S. The first-order valence-corrected chi connectivity index (χ1v) is 8.06. The number of carboxylic acid groups (broad SMARTS) is 1. The van der Waals surface area contributed by atoms with Gasteiger partial charge in [0, 0.05) is 11.7 Å². The van der Waals surface area contributed by atoms with E-state index in [1.807, 2.05) is 0 Å². The second-order valence-corrected chi connectivity index (χ2v) is 7.61. The van der Waals surface area contributed by atoms with Gasteiger partial charge in [0.15, 0.2) is 15.6 Å². The third-order valence-corrected chi connectivity index (χ3v) is 4.37. The molecule has 0 aromatic heterocycles. The number of carbonyl (C=O) groups is 1. The Morgan fingerprint density at radius 1 is 1.40 bits per heavy atom. The molecule has 1 N–H and O–H groups in total. The normalized spacial score (nSPS) is 12.2. The number of hydrogen-bond acceptors (Lipinski definition) is 4. The molecule has 112 valence electrons. The first-order valence-electron chi connectivity index (χ1n) is 5.79. The summed E-state index contributed by atoms with van der Waals surface area (Å²) in [5.41, 5.74) is -0.215. The van der Waals surface area contributed by atoms with Gasteiger partial charge in [-0.05, 0) is 17.7 Å². The van der Waals surface area contributed by atoms with E-state index in [0.717, 1.165) is 6.26 Å². The van der Waals surface area contributed by atoms with E-state index < -0.39 is 21.2 Å². The summed E-state index contributed by atoms with van der Waals surface area (Å²) in [5, 5.41) is 9.08. The van der Waals surface area contributed by atoms with Crippen LogP contribution in [0.2, 0.25) is 5.02 Å². The molecule has 0 spiro atoms. The fraction of sp³-hybridized carbons (Fsp3) is 0.462. The van der Waals surface area contributed by atoms with Crippen molar-refractivity contribution < 1.29 is 23.1 Å². The molecule has 5 nitrogen and oxygen atoms in total.